The molecule has 0 unspecified atom stereocenters. The Labute approximate surface area is 141 Å². The van der Waals surface area contributed by atoms with E-state index in [9.17, 15) is 4.79 Å². The highest BCUT2D eigenvalue weighted by atomic mass is 79.9. The van der Waals surface area contributed by atoms with Crippen molar-refractivity contribution in [1.82, 2.24) is 4.98 Å². The van der Waals surface area contributed by atoms with Gasteiger partial charge >= 0.3 is 0 Å². The van der Waals surface area contributed by atoms with Gasteiger partial charge in [0.25, 0.3) is 0 Å². The van der Waals surface area contributed by atoms with Crippen LogP contribution in [0.4, 0.5) is 0 Å². The number of nitrogens with zero attached hydrogens (tertiary/aromatic N) is 1. The Morgan fingerprint density at radius 2 is 1.57 bits per heavy atom. The maximum atomic E-state index is 13.0. The molecule has 0 N–H and O–H groups in total. The Kier molecular flexibility index (Phi) is 3.43. The molecular formula is C20H12BrNO. The molecule has 0 amide bonds. The first-order valence-electron chi connectivity index (χ1n) is 7.31. The zero-order chi connectivity index (χ0) is 15.8. The SMILES string of the molecule is O=c1c2ccccc2ccc2ncc(-c3ccccc3)c(Br)c12. The van der Waals surface area contributed by atoms with Crippen LogP contribution in [0.15, 0.2) is 82.2 Å². The van der Waals surface area contributed by atoms with Crippen LogP contribution in [-0.2, 0) is 0 Å². The van der Waals surface area contributed by atoms with Crippen LogP contribution in [0.3, 0.4) is 0 Å². The topological polar surface area (TPSA) is 30.0 Å². The predicted octanol–water partition coefficient (Wildman–Crippen LogP) is 5.18. The molecule has 0 spiro atoms. The summed E-state index contributed by atoms with van der Waals surface area (Å²) < 4.78 is 0.792. The molecule has 110 valence electrons. The van der Waals surface area contributed by atoms with E-state index in [1.807, 2.05) is 72.9 Å². The Morgan fingerprint density at radius 3 is 2.39 bits per heavy atom. The highest BCUT2D eigenvalue weighted by Crippen LogP contribution is 2.32. The third-order valence-corrected chi connectivity index (χ3v) is 4.81. The molecule has 3 aromatic carbocycles. The summed E-state index contributed by atoms with van der Waals surface area (Å²) in [6.45, 7) is 0. The summed E-state index contributed by atoms with van der Waals surface area (Å²) in [5, 5.41) is 2.24. The Balaban J connectivity index is 2.17. The summed E-state index contributed by atoms with van der Waals surface area (Å²) in [4.78, 5) is 17.5. The molecule has 4 rings (SSSR count). The molecular weight excluding hydrogens is 350 g/mol. The van der Waals surface area contributed by atoms with Gasteiger partial charge in [-0.05, 0) is 32.9 Å². The standard InChI is InChI=1S/C20H12BrNO/c21-19-16(13-6-2-1-3-7-13)12-22-17-11-10-14-8-4-5-9-15(14)20(23)18(17)19/h1-12H. The lowest BCUT2D eigenvalue weighted by Crippen LogP contribution is -2.01. The number of fused-ring (bicyclic) bond motifs is 2. The lowest BCUT2D eigenvalue weighted by Gasteiger charge is -2.05. The van der Waals surface area contributed by atoms with E-state index in [-0.39, 0.29) is 5.43 Å². The van der Waals surface area contributed by atoms with Crippen molar-refractivity contribution < 1.29 is 0 Å². The summed E-state index contributed by atoms with van der Waals surface area (Å²) in [7, 11) is 0. The van der Waals surface area contributed by atoms with Gasteiger partial charge in [-0.25, -0.2) is 0 Å². The molecule has 0 atom stereocenters. The van der Waals surface area contributed by atoms with Gasteiger partial charge in [0.15, 0.2) is 5.43 Å². The van der Waals surface area contributed by atoms with Crippen molar-refractivity contribution in [2.24, 2.45) is 0 Å². The number of benzene rings is 2. The fraction of sp³-hybridized carbons (Fsp3) is 0. The zero-order valence-corrected chi connectivity index (χ0v) is 13.7. The molecule has 0 radical (unpaired) electrons. The largest absolute Gasteiger partial charge is 0.288 e. The van der Waals surface area contributed by atoms with Crippen molar-refractivity contribution in [1.29, 1.82) is 0 Å². The van der Waals surface area contributed by atoms with E-state index in [4.69, 9.17) is 0 Å². The van der Waals surface area contributed by atoms with E-state index in [1.165, 1.54) is 0 Å². The van der Waals surface area contributed by atoms with Gasteiger partial charge in [0.05, 0.1) is 10.9 Å². The second-order valence-corrected chi connectivity index (χ2v) is 6.15. The number of hydrogen-bond acceptors (Lipinski definition) is 2. The molecule has 0 aliphatic heterocycles. The minimum atomic E-state index is -0.00208. The molecule has 3 heteroatoms. The van der Waals surface area contributed by atoms with Gasteiger partial charge in [-0.3, -0.25) is 9.78 Å². The Bertz CT molecular complexity index is 1090. The number of pyridine rings is 1. The van der Waals surface area contributed by atoms with Gasteiger partial charge < -0.3 is 0 Å². The molecule has 0 saturated carbocycles. The maximum absolute atomic E-state index is 13.0. The summed E-state index contributed by atoms with van der Waals surface area (Å²) in [5.74, 6) is 0. The highest BCUT2D eigenvalue weighted by molar-refractivity contribution is 9.10. The van der Waals surface area contributed by atoms with Crippen LogP contribution >= 0.6 is 15.9 Å². The van der Waals surface area contributed by atoms with Gasteiger partial charge in [0.2, 0.25) is 0 Å². The quantitative estimate of drug-likeness (QED) is 0.467. The van der Waals surface area contributed by atoms with Crippen LogP contribution in [0, 0.1) is 0 Å². The van der Waals surface area contributed by atoms with Gasteiger partial charge in [-0.2, -0.15) is 0 Å². The molecule has 0 saturated heterocycles. The van der Waals surface area contributed by atoms with Crippen molar-refractivity contribution in [2.45, 2.75) is 0 Å². The zero-order valence-electron chi connectivity index (χ0n) is 12.2. The minimum Gasteiger partial charge on any atom is -0.288 e. The first-order valence-corrected chi connectivity index (χ1v) is 8.11. The van der Waals surface area contributed by atoms with Crippen LogP contribution in [0.1, 0.15) is 0 Å². The van der Waals surface area contributed by atoms with E-state index in [1.54, 1.807) is 0 Å². The van der Waals surface area contributed by atoms with Crippen molar-refractivity contribution >= 4 is 37.6 Å². The molecule has 0 bridgehead atoms. The summed E-state index contributed by atoms with van der Waals surface area (Å²) in [5.41, 5.74) is 2.64. The van der Waals surface area contributed by atoms with Crippen molar-refractivity contribution in [3.8, 4) is 11.1 Å². The fourth-order valence-electron chi connectivity index (χ4n) is 2.82. The lowest BCUT2D eigenvalue weighted by molar-refractivity contribution is 1.40. The summed E-state index contributed by atoms with van der Waals surface area (Å²) in [6, 6.07) is 21.4. The van der Waals surface area contributed by atoms with Crippen LogP contribution in [0.25, 0.3) is 32.8 Å². The smallest absolute Gasteiger partial charge is 0.196 e. The number of rotatable bonds is 1. The average molecular weight is 362 g/mol. The fourth-order valence-corrected chi connectivity index (χ4v) is 3.53. The molecule has 0 fully saturated rings. The van der Waals surface area contributed by atoms with Crippen LogP contribution in [0.2, 0.25) is 0 Å². The van der Waals surface area contributed by atoms with Crippen LogP contribution < -0.4 is 5.43 Å². The molecule has 0 aliphatic carbocycles. The van der Waals surface area contributed by atoms with Gasteiger partial charge in [0, 0.05) is 21.6 Å². The van der Waals surface area contributed by atoms with Gasteiger partial charge in [0.1, 0.15) is 0 Å². The second-order valence-electron chi connectivity index (χ2n) is 5.36. The normalized spacial score (nSPS) is 11.0. The van der Waals surface area contributed by atoms with Gasteiger partial charge in [-0.15, -0.1) is 0 Å². The van der Waals surface area contributed by atoms with Gasteiger partial charge in [-0.1, -0.05) is 60.7 Å². The summed E-state index contributed by atoms with van der Waals surface area (Å²) >= 11 is 3.64. The van der Waals surface area contributed by atoms with Crippen molar-refractivity contribution in [3.63, 3.8) is 0 Å². The molecule has 1 aromatic heterocycles. The van der Waals surface area contributed by atoms with Crippen molar-refractivity contribution in [2.75, 3.05) is 0 Å². The van der Waals surface area contributed by atoms with Crippen LogP contribution in [-0.4, -0.2) is 4.98 Å². The monoisotopic (exact) mass is 361 g/mol. The number of hydrogen-bond donors (Lipinski definition) is 0. The average Bonchev–Trinajstić information content (AvgIpc) is 2.74. The molecule has 4 aromatic rings. The van der Waals surface area contributed by atoms with Crippen LogP contribution in [0.5, 0.6) is 0 Å². The van der Waals surface area contributed by atoms with E-state index in [0.29, 0.717) is 16.3 Å². The molecule has 2 nitrogen and oxygen atoms in total. The predicted molar refractivity (Wildman–Crippen MR) is 98.7 cm³/mol. The van der Waals surface area contributed by atoms with E-state index in [0.717, 1.165) is 21.0 Å². The highest BCUT2D eigenvalue weighted by Gasteiger charge is 2.12. The second kappa shape index (κ2) is 5.60. The minimum absolute atomic E-state index is 0.00208. The van der Waals surface area contributed by atoms with Crippen molar-refractivity contribution in [3.05, 3.63) is 87.6 Å². The Morgan fingerprint density at radius 1 is 0.826 bits per heavy atom. The van der Waals surface area contributed by atoms with E-state index in [2.05, 4.69) is 20.9 Å². The molecule has 1 heterocycles. The molecule has 23 heavy (non-hydrogen) atoms. The lowest BCUT2D eigenvalue weighted by atomic mass is 10.1. The summed E-state index contributed by atoms with van der Waals surface area (Å²) in [6.07, 6.45) is 1.81. The first-order chi connectivity index (χ1) is 11.3. The third kappa shape index (κ3) is 2.34. The number of halogens is 1. The first kappa shape index (κ1) is 14.1. The number of aromatic nitrogens is 1. The third-order valence-electron chi connectivity index (χ3n) is 3.98. The Hall–Kier alpha value is -2.52. The van der Waals surface area contributed by atoms with E-state index >= 15 is 0 Å². The maximum Gasteiger partial charge on any atom is 0.196 e. The van der Waals surface area contributed by atoms with E-state index < -0.39 is 0 Å². The molecule has 0 aliphatic rings.